The van der Waals surface area contributed by atoms with Gasteiger partial charge in [-0.1, -0.05) is 23.4 Å². The number of hydrogen-bond acceptors (Lipinski definition) is 6. The molecule has 0 atom stereocenters. The molecule has 0 amide bonds. The van der Waals surface area contributed by atoms with Gasteiger partial charge in [0.1, 0.15) is 0 Å². The number of rotatable bonds is 3. The van der Waals surface area contributed by atoms with E-state index in [9.17, 15) is 8.42 Å². The van der Waals surface area contributed by atoms with Gasteiger partial charge in [-0.3, -0.25) is 4.90 Å². The minimum absolute atomic E-state index is 0.205. The maximum atomic E-state index is 11.6. The second kappa shape index (κ2) is 5.95. The average molecular weight is 307 g/mol. The molecule has 6 nitrogen and oxygen atoms in total. The summed E-state index contributed by atoms with van der Waals surface area (Å²) < 4.78 is 28.4. The van der Waals surface area contributed by atoms with Crippen molar-refractivity contribution in [1.29, 1.82) is 0 Å². The second-order valence-electron chi connectivity index (χ2n) is 5.16. The molecule has 1 aliphatic rings. The average Bonchev–Trinajstić information content (AvgIpc) is 2.87. The van der Waals surface area contributed by atoms with Crippen molar-refractivity contribution in [2.75, 3.05) is 24.6 Å². The quantitative estimate of drug-likeness (QED) is 0.852. The molecule has 1 aliphatic heterocycles. The lowest BCUT2D eigenvalue weighted by molar-refractivity contribution is 0.274. The van der Waals surface area contributed by atoms with Gasteiger partial charge in [0.15, 0.2) is 15.7 Å². The molecule has 0 radical (unpaired) electrons. The molecular weight excluding hydrogens is 290 g/mol. The summed E-state index contributed by atoms with van der Waals surface area (Å²) in [7, 11) is -2.89. The molecule has 1 saturated heterocycles. The molecule has 112 valence electrons. The van der Waals surface area contributed by atoms with Crippen molar-refractivity contribution in [3.05, 3.63) is 36.2 Å². The first-order valence-electron chi connectivity index (χ1n) is 6.93. The standard InChI is InChI=1S/C14H17N3O3S/c18-21(19)9-4-7-17(8-10-21)11-13-15-14(20-16-13)12-5-2-1-3-6-12/h1-3,5-6H,4,7-11H2. The lowest BCUT2D eigenvalue weighted by Gasteiger charge is -2.16. The van der Waals surface area contributed by atoms with Gasteiger partial charge in [0.25, 0.3) is 5.89 Å². The van der Waals surface area contributed by atoms with E-state index in [4.69, 9.17) is 4.52 Å². The van der Waals surface area contributed by atoms with E-state index in [0.717, 1.165) is 12.1 Å². The molecule has 0 unspecified atom stereocenters. The van der Waals surface area contributed by atoms with Crippen LogP contribution in [0.5, 0.6) is 0 Å². The zero-order valence-corrected chi connectivity index (χ0v) is 12.4. The summed E-state index contributed by atoms with van der Waals surface area (Å²) in [6.07, 6.45) is 0.658. The van der Waals surface area contributed by atoms with Crippen molar-refractivity contribution in [1.82, 2.24) is 15.0 Å². The predicted octanol–water partition coefficient (Wildman–Crippen LogP) is 1.36. The highest BCUT2D eigenvalue weighted by Crippen LogP contribution is 2.17. The Balaban J connectivity index is 1.67. The molecule has 2 heterocycles. The fourth-order valence-corrected chi connectivity index (χ4v) is 3.67. The third kappa shape index (κ3) is 3.68. The molecule has 0 saturated carbocycles. The van der Waals surface area contributed by atoms with Crippen LogP contribution in [0.15, 0.2) is 34.9 Å². The topological polar surface area (TPSA) is 76.3 Å². The summed E-state index contributed by atoms with van der Waals surface area (Å²) in [5, 5.41) is 3.98. The van der Waals surface area contributed by atoms with E-state index < -0.39 is 9.84 Å². The SMILES string of the molecule is O=S1(=O)CCCN(Cc2noc(-c3ccccc3)n2)CC1. The highest BCUT2D eigenvalue weighted by Gasteiger charge is 2.20. The van der Waals surface area contributed by atoms with Gasteiger partial charge >= 0.3 is 0 Å². The van der Waals surface area contributed by atoms with E-state index in [1.807, 2.05) is 30.3 Å². The van der Waals surface area contributed by atoms with E-state index in [1.54, 1.807) is 0 Å². The molecule has 21 heavy (non-hydrogen) atoms. The van der Waals surface area contributed by atoms with Crippen LogP contribution in [0.2, 0.25) is 0 Å². The second-order valence-corrected chi connectivity index (χ2v) is 7.47. The fraction of sp³-hybridized carbons (Fsp3) is 0.429. The molecule has 1 aromatic carbocycles. The first kappa shape index (κ1) is 14.2. The highest BCUT2D eigenvalue weighted by molar-refractivity contribution is 7.91. The van der Waals surface area contributed by atoms with Crippen LogP contribution in [0.4, 0.5) is 0 Å². The molecular formula is C14H17N3O3S. The molecule has 0 spiro atoms. The van der Waals surface area contributed by atoms with E-state index in [0.29, 0.717) is 31.2 Å². The Morgan fingerprint density at radius 1 is 1.14 bits per heavy atom. The van der Waals surface area contributed by atoms with Gasteiger partial charge in [-0.25, -0.2) is 8.42 Å². The van der Waals surface area contributed by atoms with Crippen LogP contribution in [0.1, 0.15) is 12.2 Å². The van der Waals surface area contributed by atoms with Crippen LogP contribution in [0.25, 0.3) is 11.5 Å². The fourth-order valence-electron chi connectivity index (χ4n) is 2.36. The van der Waals surface area contributed by atoms with Gasteiger partial charge in [-0.2, -0.15) is 4.98 Å². The molecule has 0 bridgehead atoms. The van der Waals surface area contributed by atoms with Crippen molar-refractivity contribution < 1.29 is 12.9 Å². The summed E-state index contributed by atoms with van der Waals surface area (Å²) in [6.45, 7) is 1.79. The van der Waals surface area contributed by atoms with Crippen molar-refractivity contribution in [2.24, 2.45) is 0 Å². The molecule has 2 aromatic rings. The highest BCUT2D eigenvalue weighted by atomic mass is 32.2. The lowest BCUT2D eigenvalue weighted by Crippen LogP contribution is -2.27. The third-order valence-corrected chi connectivity index (χ3v) is 5.22. The number of sulfone groups is 1. The molecule has 3 rings (SSSR count). The summed E-state index contributed by atoms with van der Waals surface area (Å²) >= 11 is 0. The number of nitrogens with zero attached hydrogens (tertiary/aromatic N) is 3. The molecule has 7 heteroatoms. The summed E-state index contributed by atoms with van der Waals surface area (Å²) in [6, 6.07) is 9.59. The predicted molar refractivity (Wildman–Crippen MR) is 78.3 cm³/mol. The van der Waals surface area contributed by atoms with Gasteiger partial charge in [0.2, 0.25) is 0 Å². The van der Waals surface area contributed by atoms with Gasteiger partial charge in [0, 0.05) is 12.1 Å². The van der Waals surface area contributed by atoms with Crippen LogP contribution in [0, 0.1) is 0 Å². The zero-order chi connectivity index (χ0) is 14.7. The minimum Gasteiger partial charge on any atom is -0.334 e. The normalized spacial score (nSPS) is 19.2. The smallest absolute Gasteiger partial charge is 0.257 e. The summed E-state index contributed by atoms with van der Waals surface area (Å²) in [5.74, 6) is 1.56. The monoisotopic (exact) mass is 307 g/mol. The first-order chi connectivity index (χ1) is 10.1. The number of hydrogen-bond donors (Lipinski definition) is 0. The molecule has 0 aliphatic carbocycles. The van der Waals surface area contributed by atoms with Crippen LogP contribution in [-0.2, 0) is 16.4 Å². The Kier molecular flexibility index (Phi) is 4.03. The maximum absolute atomic E-state index is 11.6. The van der Waals surface area contributed by atoms with Crippen LogP contribution < -0.4 is 0 Å². The molecule has 0 N–H and O–H groups in total. The minimum atomic E-state index is -2.89. The summed E-state index contributed by atoms with van der Waals surface area (Å²) in [4.78, 5) is 6.43. The maximum Gasteiger partial charge on any atom is 0.257 e. The van der Waals surface area contributed by atoms with Gasteiger partial charge < -0.3 is 4.52 Å². The molecule has 1 fully saturated rings. The van der Waals surface area contributed by atoms with Crippen LogP contribution in [0.3, 0.4) is 0 Å². The Bertz CT molecular complexity index is 697. The van der Waals surface area contributed by atoms with Crippen molar-refractivity contribution >= 4 is 9.84 Å². The lowest BCUT2D eigenvalue weighted by atomic mass is 10.2. The molecule has 1 aromatic heterocycles. The van der Waals surface area contributed by atoms with Crippen molar-refractivity contribution in [3.8, 4) is 11.5 Å². The third-order valence-electron chi connectivity index (χ3n) is 3.50. The summed E-state index contributed by atoms with van der Waals surface area (Å²) in [5.41, 5.74) is 0.884. The van der Waals surface area contributed by atoms with Crippen LogP contribution in [-0.4, -0.2) is 48.1 Å². The Morgan fingerprint density at radius 2 is 1.95 bits per heavy atom. The van der Waals surface area contributed by atoms with Gasteiger partial charge in [0.05, 0.1) is 18.1 Å². The van der Waals surface area contributed by atoms with E-state index in [2.05, 4.69) is 15.0 Å². The Hall–Kier alpha value is -1.73. The first-order valence-corrected chi connectivity index (χ1v) is 8.75. The van der Waals surface area contributed by atoms with Crippen molar-refractivity contribution in [3.63, 3.8) is 0 Å². The van der Waals surface area contributed by atoms with Crippen molar-refractivity contribution in [2.45, 2.75) is 13.0 Å². The number of aromatic nitrogens is 2. The van der Waals surface area contributed by atoms with Gasteiger partial charge in [-0.15, -0.1) is 0 Å². The van der Waals surface area contributed by atoms with Crippen LogP contribution >= 0.6 is 0 Å². The largest absolute Gasteiger partial charge is 0.334 e. The van der Waals surface area contributed by atoms with E-state index in [1.165, 1.54) is 0 Å². The van der Waals surface area contributed by atoms with E-state index in [-0.39, 0.29) is 11.5 Å². The van der Waals surface area contributed by atoms with Gasteiger partial charge in [-0.05, 0) is 25.1 Å². The van der Waals surface area contributed by atoms with E-state index >= 15 is 0 Å². The Labute approximate surface area is 123 Å². The Morgan fingerprint density at radius 3 is 2.76 bits per heavy atom. The number of benzene rings is 1. The zero-order valence-electron chi connectivity index (χ0n) is 11.6.